The van der Waals surface area contributed by atoms with Crippen LogP contribution in [0.15, 0.2) is 77.7 Å². The maximum atomic E-state index is 12.3. The molecular weight excluding hydrogens is 422 g/mol. The molecule has 9 nitrogen and oxygen atoms in total. The Labute approximate surface area is 187 Å². The average Bonchev–Trinajstić information content (AvgIpc) is 3.24. The minimum Gasteiger partial charge on any atom is -0.465 e. The molecule has 0 saturated heterocycles. The lowest BCUT2D eigenvalue weighted by Crippen LogP contribution is -2.11. The van der Waals surface area contributed by atoms with Gasteiger partial charge in [0.25, 0.3) is 5.91 Å². The fourth-order valence-corrected chi connectivity index (χ4v) is 3.42. The number of hydrogen-bond donors (Lipinski definition) is 2. The maximum absolute atomic E-state index is 12.3. The fourth-order valence-electron chi connectivity index (χ4n) is 3.42. The predicted molar refractivity (Wildman–Crippen MR) is 123 cm³/mol. The number of benzene rings is 2. The fraction of sp³-hybridized carbons (Fsp3) is 0.0417. The van der Waals surface area contributed by atoms with E-state index in [2.05, 4.69) is 25.6 Å². The SMILES string of the molecule is COC(=O)c1ccc2oc3ncnc(Nc4ccc(NC(=O)c5cccnc5)cc4)c3c2c1. The highest BCUT2D eigenvalue weighted by atomic mass is 16.5. The van der Waals surface area contributed by atoms with Gasteiger partial charge >= 0.3 is 5.97 Å². The van der Waals surface area contributed by atoms with E-state index in [9.17, 15) is 9.59 Å². The van der Waals surface area contributed by atoms with Gasteiger partial charge in [-0.05, 0) is 54.6 Å². The van der Waals surface area contributed by atoms with Crippen LogP contribution in [-0.2, 0) is 4.74 Å². The number of carbonyl (C=O) groups is 2. The molecule has 0 radical (unpaired) electrons. The first kappa shape index (κ1) is 20.1. The lowest BCUT2D eigenvalue weighted by molar-refractivity contribution is 0.0601. The number of aromatic nitrogens is 3. The molecular formula is C24H17N5O4. The third-order valence-corrected chi connectivity index (χ3v) is 5.02. The first-order valence-electron chi connectivity index (χ1n) is 9.96. The van der Waals surface area contributed by atoms with Gasteiger partial charge < -0.3 is 19.8 Å². The molecule has 0 bridgehead atoms. The van der Waals surface area contributed by atoms with Crippen molar-refractivity contribution in [1.82, 2.24) is 15.0 Å². The smallest absolute Gasteiger partial charge is 0.337 e. The van der Waals surface area contributed by atoms with Crippen LogP contribution in [0.5, 0.6) is 0 Å². The highest BCUT2D eigenvalue weighted by molar-refractivity contribution is 6.11. The summed E-state index contributed by atoms with van der Waals surface area (Å²) >= 11 is 0. The Kier molecular flexibility index (Phi) is 5.12. The van der Waals surface area contributed by atoms with E-state index in [0.717, 1.165) is 5.69 Å². The van der Waals surface area contributed by atoms with E-state index in [-0.39, 0.29) is 5.91 Å². The molecule has 162 valence electrons. The number of furan rings is 1. The van der Waals surface area contributed by atoms with Gasteiger partial charge in [-0.2, -0.15) is 0 Å². The number of carbonyl (C=O) groups excluding carboxylic acids is 2. The van der Waals surface area contributed by atoms with Crippen molar-refractivity contribution in [3.63, 3.8) is 0 Å². The van der Waals surface area contributed by atoms with Crippen molar-refractivity contribution in [2.75, 3.05) is 17.7 Å². The van der Waals surface area contributed by atoms with E-state index in [4.69, 9.17) is 9.15 Å². The molecule has 2 aromatic carbocycles. The van der Waals surface area contributed by atoms with Crippen LogP contribution >= 0.6 is 0 Å². The molecule has 0 fully saturated rings. The largest absolute Gasteiger partial charge is 0.465 e. The topological polar surface area (TPSA) is 119 Å². The van der Waals surface area contributed by atoms with Crippen LogP contribution in [0.4, 0.5) is 17.2 Å². The molecule has 0 atom stereocenters. The summed E-state index contributed by atoms with van der Waals surface area (Å²) in [5, 5.41) is 7.42. The van der Waals surface area contributed by atoms with Crippen LogP contribution < -0.4 is 10.6 Å². The van der Waals surface area contributed by atoms with Gasteiger partial charge in [0.05, 0.1) is 23.6 Å². The second-order valence-electron chi connectivity index (χ2n) is 7.11. The second-order valence-corrected chi connectivity index (χ2v) is 7.11. The molecule has 33 heavy (non-hydrogen) atoms. The zero-order valence-corrected chi connectivity index (χ0v) is 17.4. The van der Waals surface area contributed by atoms with E-state index in [1.807, 2.05) is 12.1 Å². The Hall–Kier alpha value is -4.79. The van der Waals surface area contributed by atoms with E-state index >= 15 is 0 Å². The van der Waals surface area contributed by atoms with Crippen LogP contribution in [0.3, 0.4) is 0 Å². The first-order valence-corrected chi connectivity index (χ1v) is 9.96. The number of pyridine rings is 1. The molecule has 1 amide bonds. The Bertz CT molecular complexity index is 1480. The lowest BCUT2D eigenvalue weighted by Gasteiger charge is -2.09. The van der Waals surface area contributed by atoms with E-state index in [1.165, 1.54) is 19.6 Å². The summed E-state index contributed by atoms with van der Waals surface area (Å²) in [7, 11) is 1.33. The standard InChI is InChI=1S/C24H17N5O4/c1-32-24(31)14-4-9-19-18(11-14)20-21(26-13-27-23(20)33-19)28-16-5-7-17(8-6-16)29-22(30)15-3-2-10-25-12-15/h2-13H,1H3,(H,29,30)(H,26,27,28). The Morgan fingerprint density at radius 3 is 2.55 bits per heavy atom. The van der Waals surface area contributed by atoms with Crippen LogP contribution in [0, 0.1) is 0 Å². The van der Waals surface area contributed by atoms with Gasteiger partial charge in [0.2, 0.25) is 5.71 Å². The molecule has 3 heterocycles. The molecule has 0 saturated carbocycles. The number of hydrogen-bond acceptors (Lipinski definition) is 8. The van der Waals surface area contributed by atoms with Crippen LogP contribution in [0.2, 0.25) is 0 Å². The number of rotatable bonds is 5. The van der Waals surface area contributed by atoms with Crippen molar-refractivity contribution < 1.29 is 18.7 Å². The lowest BCUT2D eigenvalue weighted by atomic mass is 10.1. The van der Waals surface area contributed by atoms with Crippen molar-refractivity contribution in [2.45, 2.75) is 0 Å². The summed E-state index contributed by atoms with van der Waals surface area (Å²) in [6.45, 7) is 0. The first-order chi connectivity index (χ1) is 16.1. The maximum Gasteiger partial charge on any atom is 0.337 e. The summed E-state index contributed by atoms with van der Waals surface area (Å²) in [5.41, 5.74) is 3.23. The van der Waals surface area contributed by atoms with E-state index in [0.29, 0.717) is 44.7 Å². The molecule has 0 aliphatic heterocycles. The predicted octanol–water partition coefficient (Wildman–Crippen LogP) is 4.55. The van der Waals surface area contributed by atoms with E-state index in [1.54, 1.807) is 48.7 Å². The van der Waals surface area contributed by atoms with Crippen LogP contribution in [-0.4, -0.2) is 33.9 Å². The van der Waals surface area contributed by atoms with Gasteiger partial charge in [-0.1, -0.05) is 0 Å². The van der Waals surface area contributed by atoms with Crippen molar-refractivity contribution in [2.24, 2.45) is 0 Å². The van der Waals surface area contributed by atoms with E-state index < -0.39 is 5.97 Å². The summed E-state index contributed by atoms with van der Waals surface area (Å²) in [6, 6.07) is 15.6. The molecule has 0 aliphatic carbocycles. The molecule has 9 heteroatoms. The number of esters is 1. The number of amides is 1. The minimum atomic E-state index is -0.443. The monoisotopic (exact) mass is 439 g/mol. The third-order valence-electron chi connectivity index (χ3n) is 5.02. The molecule has 5 aromatic rings. The molecule has 0 unspecified atom stereocenters. The second kappa shape index (κ2) is 8.39. The minimum absolute atomic E-state index is 0.243. The molecule has 0 spiro atoms. The molecule has 2 N–H and O–H groups in total. The molecule has 5 rings (SSSR count). The van der Waals surface area contributed by atoms with Crippen molar-refractivity contribution >= 4 is 51.1 Å². The highest BCUT2D eigenvalue weighted by Crippen LogP contribution is 2.33. The van der Waals surface area contributed by atoms with Gasteiger partial charge in [0.1, 0.15) is 17.7 Å². The Morgan fingerprint density at radius 1 is 0.970 bits per heavy atom. The highest BCUT2D eigenvalue weighted by Gasteiger charge is 2.16. The van der Waals surface area contributed by atoms with Crippen molar-refractivity contribution in [1.29, 1.82) is 0 Å². The van der Waals surface area contributed by atoms with Gasteiger partial charge in [0.15, 0.2) is 0 Å². The Morgan fingerprint density at radius 2 is 1.79 bits per heavy atom. The average molecular weight is 439 g/mol. The van der Waals surface area contributed by atoms with Gasteiger partial charge in [-0.25, -0.2) is 14.8 Å². The summed E-state index contributed by atoms with van der Waals surface area (Å²) in [5.74, 6) is -0.165. The summed E-state index contributed by atoms with van der Waals surface area (Å²) in [4.78, 5) is 36.8. The number of fused-ring (bicyclic) bond motifs is 3. The number of nitrogens with one attached hydrogen (secondary N) is 2. The third kappa shape index (κ3) is 3.94. The number of methoxy groups -OCH3 is 1. The normalized spacial score (nSPS) is 10.8. The number of nitrogens with zero attached hydrogens (tertiary/aromatic N) is 3. The Balaban J connectivity index is 1.43. The van der Waals surface area contributed by atoms with Gasteiger partial charge in [-0.15, -0.1) is 0 Å². The van der Waals surface area contributed by atoms with Gasteiger partial charge in [0, 0.05) is 29.2 Å². The summed E-state index contributed by atoms with van der Waals surface area (Å²) < 4.78 is 10.6. The molecule has 0 aliphatic rings. The van der Waals surface area contributed by atoms with Crippen LogP contribution in [0.1, 0.15) is 20.7 Å². The van der Waals surface area contributed by atoms with Gasteiger partial charge in [-0.3, -0.25) is 9.78 Å². The zero-order chi connectivity index (χ0) is 22.8. The van der Waals surface area contributed by atoms with Crippen molar-refractivity contribution in [3.05, 3.63) is 84.4 Å². The van der Waals surface area contributed by atoms with Crippen molar-refractivity contribution in [3.8, 4) is 0 Å². The summed E-state index contributed by atoms with van der Waals surface area (Å²) in [6.07, 6.45) is 4.52. The number of anilines is 3. The quantitative estimate of drug-likeness (QED) is 0.383. The van der Waals surface area contributed by atoms with Crippen LogP contribution in [0.25, 0.3) is 22.1 Å². The molecule has 3 aromatic heterocycles. The zero-order valence-electron chi connectivity index (χ0n) is 17.4. The number of ether oxygens (including phenoxy) is 1.